The van der Waals surface area contributed by atoms with E-state index >= 15 is 0 Å². The van der Waals surface area contributed by atoms with Crippen LogP contribution in [0.2, 0.25) is 0 Å². The number of hydrogen-bond acceptors (Lipinski definition) is 3. The Kier molecular flexibility index (Phi) is 5.81. The highest BCUT2D eigenvalue weighted by Gasteiger charge is 2.36. The van der Waals surface area contributed by atoms with E-state index in [0.29, 0.717) is 12.5 Å². The van der Waals surface area contributed by atoms with Crippen LogP contribution in [0.3, 0.4) is 0 Å². The van der Waals surface area contributed by atoms with E-state index in [1.807, 2.05) is 18.2 Å². The molecule has 1 aliphatic heterocycles. The second-order valence-corrected chi connectivity index (χ2v) is 7.85. The van der Waals surface area contributed by atoms with Crippen LogP contribution in [0.4, 0.5) is 0 Å². The molecule has 27 heavy (non-hydrogen) atoms. The molecule has 0 saturated carbocycles. The number of rotatable bonds is 8. The number of allylic oxidation sites excluding steroid dienone is 1. The second kappa shape index (κ2) is 8.10. The summed E-state index contributed by atoms with van der Waals surface area (Å²) in [6, 6.07) is 8.84. The molecule has 1 heterocycles. The van der Waals surface area contributed by atoms with Crippen molar-refractivity contribution in [3.05, 3.63) is 79.4 Å². The van der Waals surface area contributed by atoms with Gasteiger partial charge in [-0.2, -0.15) is 0 Å². The zero-order valence-electron chi connectivity index (χ0n) is 16.5. The van der Waals surface area contributed by atoms with Gasteiger partial charge in [-0.3, -0.25) is 4.90 Å². The van der Waals surface area contributed by atoms with Gasteiger partial charge in [0, 0.05) is 30.6 Å². The quantitative estimate of drug-likeness (QED) is 0.594. The number of ether oxygens (including phenoxy) is 1. The fraction of sp³-hybridized carbons (Fsp3) is 0.375. The van der Waals surface area contributed by atoms with E-state index in [1.165, 1.54) is 11.1 Å². The summed E-state index contributed by atoms with van der Waals surface area (Å²) in [4.78, 5) is 7.25. The normalized spacial score (nSPS) is 23.1. The van der Waals surface area contributed by atoms with E-state index in [1.54, 1.807) is 0 Å². The van der Waals surface area contributed by atoms with Crippen LogP contribution in [0, 0.1) is 5.92 Å². The third-order valence-electron chi connectivity index (χ3n) is 5.11. The smallest absolute Gasteiger partial charge is 0.217 e. The molecule has 0 radical (unpaired) electrons. The molecule has 0 saturated heterocycles. The van der Waals surface area contributed by atoms with Gasteiger partial charge in [-0.1, -0.05) is 48.6 Å². The molecule has 1 aromatic rings. The molecule has 1 aromatic carbocycles. The molecule has 3 heteroatoms. The third-order valence-corrected chi connectivity index (χ3v) is 5.11. The first kappa shape index (κ1) is 19.4. The largest absolute Gasteiger partial charge is 0.475 e. The Morgan fingerprint density at radius 3 is 2.44 bits per heavy atom. The molecular formula is C24H30N2O. The Balaban J connectivity index is 2.11. The van der Waals surface area contributed by atoms with Crippen LogP contribution in [0.25, 0.3) is 5.57 Å². The third kappa shape index (κ3) is 3.98. The van der Waals surface area contributed by atoms with Gasteiger partial charge >= 0.3 is 0 Å². The Morgan fingerprint density at radius 1 is 1.15 bits per heavy atom. The van der Waals surface area contributed by atoms with Crippen LogP contribution in [0.1, 0.15) is 37.4 Å². The maximum Gasteiger partial charge on any atom is 0.217 e. The molecule has 2 aliphatic rings. The molecular weight excluding hydrogens is 332 g/mol. The maximum atomic E-state index is 5.99. The molecule has 1 aliphatic carbocycles. The average Bonchev–Trinajstić information content (AvgIpc) is 3.01. The fourth-order valence-electron chi connectivity index (χ4n) is 4.02. The van der Waals surface area contributed by atoms with Crippen molar-refractivity contribution >= 4 is 11.5 Å². The average molecular weight is 363 g/mol. The number of nitrogens with zero attached hydrogens (tertiary/aromatic N) is 2. The summed E-state index contributed by atoms with van der Waals surface area (Å²) in [7, 11) is 0. The first-order chi connectivity index (χ1) is 13.0. The maximum absolute atomic E-state index is 5.99. The summed E-state index contributed by atoms with van der Waals surface area (Å²) < 4.78 is 5.99. The van der Waals surface area contributed by atoms with Crippen LogP contribution in [0.5, 0.6) is 0 Å². The molecule has 0 spiro atoms. The lowest BCUT2D eigenvalue weighted by Crippen LogP contribution is -2.36. The predicted octanol–water partition coefficient (Wildman–Crippen LogP) is 5.20. The summed E-state index contributed by atoms with van der Waals surface area (Å²) in [5, 5.41) is 0. The minimum atomic E-state index is -0.173. The van der Waals surface area contributed by atoms with Gasteiger partial charge in [-0.15, -0.1) is 19.7 Å². The Labute approximate surface area is 163 Å². The molecule has 3 rings (SSSR count). The Hall–Kier alpha value is -2.39. The Bertz CT molecular complexity index is 777. The van der Waals surface area contributed by atoms with Crippen molar-refractivity contribution in [3.63, 3.8) is 0 Å². The monoisotopic (exact) mass is 362 g/mol. The highest BCUT2D eigenvalue weighted by molar-refractivity contribution is 6.21. The van der Waals surface area contributed by atoms with Gasteiger partial charge < -0.3 is 4.74 Å². The highest BCUT2D eigenvalue weighted by atomic mass is 16.5. The summed E-state index contributed by atoms with van der Waals surface area (Å²) in [5.74, 6) is 1.06. The zero-order chi connectivity index (χ0) is 19.4. The summed E-state index contributed by atoms with van der Waals surface area (Å²) >= 11 is 0. The lowest BCUT2D eigenvalue weighted by molar-refractivity contribution is 0.195. The van der Waals surface area contributed by atoms with Gasteiger partial charge in [0.05, 0.1) is 5.54 Å². The van der Waals surface area contributed by atoms with Crippen molar-refractivity contribution in [2.45, 2.75) is 31.8 Å². The van der Waals surface area contributed by atoms with Crippen molar-refractivity contribution in [1.82, 2.24) is 4.90 Å². The number of fused-ring (bicyclic) bond motifs is 1. The summed E-state index contributed by atoms with van der Waals surface area (Å²) in [6.07, 6.45) is 9.14. The first-order valence-corrected chi connectivity index (χ1v) is 9.61. The molecule has 0 bridgehead atoms. The summed E-state index contributed by atoms with van der Waals surface area (Å²) in [6.45, 7) is 18.3. The van der Waals surface area contributed by atoms with E-state index < -0.39 is 0 Å². The van der Waals surface area contributed by atoms with Crippen LogP contribution in [-0.4, -0.2) is 36.0 Å². The highest BCUT2D eigenvalue weighted by Crippen LogP contribution is 2.43. The standard InChI is InChI=1S/C24H30N2O/c1-6-11-18-16-21(23-25-24(4,5)17-27-23)19-12-9-10-13-20(19)22(18)26(14-7-2)15-8-3/h6-10,12-13,16,18,22H,1-3,11,14-15,17H2,4-5H3/t18-,22+/m0/s1. The van der Waals surface area contributed by atoms with Crippen LogP contribution >= 0.6 is 0 Å². The first-order valence-electron chi connectivity index (χ1n) is 9.61. The van der Waals surface area contributed by atoms with E-state index in [2.05, 4.69) is 68.8 Å². The molecule has 0 fully saturated rings. The SMILES string of the molecule is C=CC[C@H]1C=C(C2=NC(C)(C)CO2)c2ccccc2[C@@H]1N(CC=C)CC=C. The van der Waals surface area contributed by atoms with Crippen molar-refractivity contribution in [3.8, 4) is 0 Å². The van der Waals surface area contributed by atoms with Crippen LogP contribution in [0.15, 0.2) is 73.3 Å². The number of aliphatic imine (C=N–C) groups is 1. The van der Waals surface area contributed by atoms with Gasteiger partial charge in [-0.05, 0) is 31.4 Å². The molecule has 0 unspecified atom stereocenters. The van der Waals surface area contributed by atoms with Gasteiger partial charge in [-0.25, -0.2) is 4.99 Å². The van der Waals surface area contributed by atoms with Gasteiger partial charge in [0.1, 0.15) is 6.61 Å². The van der Waals surface area contributed by atoms with E-state index in [-0.39, 0.29) is 11.6 Å². The van der Waals surface area contributed by atoms with Crippen LogP contribution in [-0.2, 0) is 4.74 Å². The molecule has 2 atom stereocenters. The molecule has 0 amide bonds. The lowest BCUT2D eigenvalue weighted by Gasteiger charge is -2.39. The topological polar surface area (TPSA) is 24.8 Å². The zero-order valence-corrected chi connectivity index (χ0v) is 16.5. The van der Waals surface area contributed by atoms with Crippen molar-refractivity contribution < 1.29 is 4.74 Å². The number of hydrogen-bond donors (Lipinski definition) is 0. The predicted molar refractivity (Wildman–Crippen MR) is 115 cm³/mol. The fourth-order valence-corrected chi connectivity index (χ4v) is 4.02. The molecule has 0 N–H and O–H groups in total. The van der Waals surface area contributed by atoms with Crippen molar-refractivity contribution in [2.75, 3.05) is 19.7 Å². The van der Waals surface area contributed by atoms with Crippen molar-refractivity contribution in [2.24, 2.45) is 10.9 Å². The minimum absolute atomic E-state index is 0.173. The second-order valence-electron chi connectivity index (χ2n) is 7.85. The van der Waals surface area contributed by atoms with Gasteiger partial charge in [0.15, 0.2) is 0 Å². The molecule has 0 aromatic heterocycles. The van der Waals surface area contributed by atoms with E-state index in [9.17, 15) is 0 Å². The Morgan fingerprint density at radius 2 is 1.85 bits per heavy atom. The van der Waals surface area contributed by atoms with Gasteiger partial charge in [0.25, 0.3) is 0 Å². The van der Waals surface area contributed by atoms with E-state index in [0.717, 1.165) is 31.0 Å². The summed E-state index contributed by atoms with van der Waals surface area (Å²) in [5.41, 5.74) is 3.45. The minimum Gasteiger partial charge on any atom is -0.475 e. The van der Waals surface area contributed by atoms with Gasteiger partial charge in [0.2, 0.25) is 5.90 Å². The lowest BCUT2D eigenvalue weighted by atomic mass is 9.78. The molecule has 142 valence electrons. The van der Waals surface area contributed by atoms with E-state index in [4.69, 9.17) is 9.73 Å². The van der Waals surface area contributed by atoms with Crippen molar-refractivity contribution in [1.29, 1.82) is 0 Å². The molecule has 3 nitrogen and oxygen atoms in total. The van der Waals surface area contributed by atoms with Crippen LogP contribution < -0.4 is 0 Å². The number of benzene rings is 1.